The van der Waals surface area contributed by atoms with E-state index in [0.717, 1.165) is 52.2 Å². The summed E-state index contributed by atoms with van der Waals surface area (Å²) < 4.78 is 6.36. The summed E-state index contributed by atoms with van der Waals surface area (Å²) in [5.41, 5.74) is 4.90. The van der Waals surface area contributed by atoms with Crippen LogP contribution in [0.3, 0.4) is 0 Å². The SMILES string of the molecule is CC(C)=CCC[C@]1(C)C=Cc2c(ccc3c2[nH]c2ccc(C=O)cc23)O1. The number of rotatable bonds is 4. The van der Waals surface area contributed by atoms with Gasteiger partial charge in [-0.25, -0.2) is 0 Å². The van der Waals surface area contributed by atoms with Crippen molar-refractivity contribution in [1.82, 2.24) is 4.98 Å². The van der Waals surface area contributed by atoms with Gasteiger partial charge in [-0.15, -0.1) is 0 Å². The Bertz CT molecular complexity index is 1070. The predicted octanol–water partition coefficient (Wildman–Crippen LogP) is 6.04. The minimum absolute atomic E-state index is 0.288. The largest absolute Gasteiger partial charge is 0.483 e. The Balaban J connectivity index is 1.75. The van der Waals surface area contributed by atoms with Crippen molar-refractivity contribution in [3.63, 3.8) is 0 Å². The number of hydrogen-bond acceptors (Lipinski definition) is 2. The van der Waals surface area contributed by atoms with Crippen LogP contribution < -0.4 is 4.74 Å². The third kappa shape index (κ3) is 2.84. The van der Waals surface area contributed by atoms with Gasteiger partial charge in [0.15, 0.2) is 0 Å². The zero-order valence-electron chi connectivity index (χ0n) is 15.4. The van der Waals surface area contributed by atoms with Crippen molar-refractivity contribution in [3.8, 4) is 5.75 Å². The second-order valence-electron chi connectivity index (χ2n) is 7.52. The minimum atomic E-state index is -0.288. The highest BCUT2D eigenvalue weighted by atomic mass is 16.5. The Hall–Kier alpha value is -2.81. The first-order valence-corrected chi connectivity index (χ1v) is 9.04. The van der Waals surface area contributed by atoms with Crippen LogP contribution in [0.15, 0.2) is 48.1 Å². The van der Waals surface area contributed by atoms with Gasteiger partial charge >= 0.3 is 0 Å². The van der Waals surface area contributed by atoms with E-state index in [1.54, 1.807) is 0 Å². The van der Waals surface area contributed by atoms with Gasteiger partial charge in [-0.3, -0.25) is 4.79 Å². The number of aromatic nitrogens is 1. The predicted molar refractivity (Wildman–Crippen MR) is 108 cm³/mol. The molecule has 0 saturated carbocycles. The Morgan fingerprint density at radius 2 is 2.04 bits per heavy atom. The summed E-state index contributed by atoms with van der Waals surface area (Å²) in [6, 6.07) is 9.86. The Labute approximate surface area is 153 Å². The van der Waals surface area contributed by atoms with Crippen molar-refractivity contribution in [2.45, 2.75) is 39.2 Å². The molecule has 0 unspecified atom stereocenters. The molecule has 1 atom stereocenters. The number of benzene rings is 2. The van der Waals surface area contributed by atoms with E-state index < -0.39 is 0 Å². The third-order valence-corrected chi connectivity index (χ3v) is 5.07. The highest BCUT2D eigenvalue weighted by Crippen LogP contribution is 2.39. The molecule has 1 aliphatic rings. The number of aromatic amines is 1. The molecule has 0 fully saturated rings. The van der Waals surface area contributed by atoms with Crippen molar-refractivity contribution in [3.05, 3.63) is 59.2 Å². The van der Waals surface area contributed by atoms with Crippen molar-refractivity contribution in [2.24, 2.45) is 0 Å². The summed E-state index contributed by atoms with van der Waals surface area (Å²) in [7, 11) is 0. The van der Waals surface area contributed by atoms with E-state index in [9.17, 15) is 4.79 Å². The van der Waals surface area contributed by atoms with E-state index in [0.29, 0.717) is 5.56 Å². The molecule has 0 bridgehead atoms. The highest BCUT2D eigenvalue weighted by molar-refractivity contribution is 6.11. The molecule has 1 aliphatic heterocycles. The average Bonchev–Trinajstić information content (AvgIpc) is 2.98. The van der Waals surface area contributed by atoms with Crippen molar-refractivity contribution < 1.29 is 9.53 Å². The van der Waals surface area contributed by atoms with Crippen LogP contribution in [-0.2, 0) is 0 Å². The molecule has 26 heavy (non-hydrogen) atoms. The van der Waals surface area contributed by atoms with Gasteiger partial charge in [-0.2, -0.15) is 0 Å². The summed E-state index contributed by atoms with van der Waals surface area (Å²) in [6.45, 7) is 6.38. The number of fused-ring (bicyclic) bond motifs is 5. The fourth-order valence-corrected chi connectivity index (χ4v) is 3.64. The molecule has 3 heteroatoms. The van der Waals surface area contributed by atoms with Crippen LogP contribution in [0.1, 0.15) is 49.5 Å². The second kappa shape index (κ2) is 6.17. The van der Waals surface area contributed by atoms with Crippen LogP contribution in [0.25, 0.3) is 27.9 Å². The highest BCUT2D eigenvalue weighted by Gasteiger charge is 2.28. The van der Waals surface area contributed by atoms with Gasteiger partial charge in [0.2, 0.25) is 0 Å². The number of aldehydes is 1. The first kappa shape index (κ1) is 16.6. The zero-order valence-corrected chi connectivity index (χ0v) is 15.4. The molecular formula is C23H23NO2. The molecule has 4 rings (SSSR count). The van der Waals surface area contributed by atoms with E-state index in [-0.39, 0.29) is 5.60 Å². The maximum absolute atomic E-state index is 11.1. The molecule has 0 aliphatic carbocycles. The lowest BCUT2D eigenvalue weighted by atomic mass is 9.94. The molecule has 0 amide bonds. The van der Waals surface area contributed by atoms with Gasteiger partial charge in [-0.05, 0) is 76.1 Å². The van der Waals surface area contributed by atoms with E-state index in [1.165, 1.54) is 5.57 Å². The lowest BCUT2D eigenvalue weighted by Crippen LogP contribution is -2.31. The normalized spacial score (nSPS) is 18.6. The number of H-pyrrole nitrogens is 1. The zero-order chi connectivity index (χ0) is 18.3. The Morgan fingerprint density at radius 1 is 1.19 bits per heavy atom. The van der Waals surface area contributed by atoms with E-state index in [4.69, 9.17) is 4.74 Å². The molecule has 2 aromatic carbocycles. The fourth-order valence-electron chi connectivity index (χ4n) is 3.64. The smallest absolute Gasteiger partial charge is 0.150 e. The monoisotopic (exact) mass is 345 g/mol. The third-order valence-electron chi connectivity index (χ3n) is 5.07. The molecule has 3 aromatic rings. The quantitative estimate of drug-likeness (QED) is 0.462. The first-order valence-electron chi connectivity index (χ1n) is 9.04. The minimum Gasteiger partial charge on any atom is -0.483 e. The van der Waals surface area contributed by atoms with Crippen molar-refractivity contribution in [1.29, 1.82) is 0 Å². The van der Waals surface area contributed by atoms with Crippen LogP contribution in [0, 0.1) is 0 Å². The molecule has 0 saturated heterocycles. The summed E-state index contributed by atoms with van der Waals surface area (Å²) in [5, 5.41) is 2.18. The van der Waals surface area contributed by atoms with Crippen LogP contribution >= 0.6 is 0 Å². The molecular weight excluding hydrogens is 322 g/mol. The van der Waals surface area contributed by atoms with Crippen LogP contribution in [0.4, 0.5) is 0 Å². The van der Waals surface area contributed by atoms with Crippen LogP contribution in [0.2, 0.25) is 0 Å². The van der Waals surface area contributed by atoms with E-state index >= 15 is 0 Å². The first-order chi connectivity index (χ1) is 12.5. The van der Waals surface area contributed by atoms with Crippen molar-refractivity contribution >= 4 is 34.2 Å². The average molecular weight is 345 g/mol. The molecule has 0 radical (unpaired) electrons. The summed E-state index contributed by atoms with van der Waals surface area (Å²) >= 11 is 0. The number of carbonyl (C=O) groups excluding carboxylic acids is 1. The van der Waals surface area contributed by atoms with Gasteiger partial charge in [0.05, 0.1) is 5.52 Å². The number of nitrogens with one attached hydrogen (secondary N) is 1. The molecule has 1 aromatic heterocycles. The maximum Gasteiger partial charge on any atom is 0.150 e. The fraction of sp³-hybridized carbons (Fsp3) is 0.261. The summed E-state index contributed by atoms with van der Waals surface area (Å²) in [6.07, 6.45) is 9.42. The molecule has 3 nitrogen and oxygen atoms in total. The molecule has 132 valence electrons. The van der Waals surface area contributed by atoms with Gasteiger partial charge < -0.3 is 9.72 Å². The van der Waals surface area contributed by atoms with Crippen LogP contribution in [-0.4, -0.2) is 16.9 Å². The Kier molecular flexibility index (Phi) is 3.95. The number of allylic oxidation sites excluding steroid dienone is 2. The van der Waals surface area contributed by atoms with Gasteiger partial charge in [-0.1, -0.05) is 11.6 Å². The van der Waals surface area contributed by atoms with Gasteiger partial charge in [0.25, 0.3) is 0 Å². The van der Waals surface area contributed by atoms with Gasteiger partial charge in [0.1, 0.15) is 17.6 Å². The number of hydrogen-bond donors (Lipinski definition) is 1. The molecule has 2 heterocycles. The summed E-state index contributed by atoms with van der Waals surface area (Å²) in [5.74, 6) is 0.905. The van der Waals surface area contributed by atoms with E-state index in [1.807, 2.05) is 24.3 Å². The molecule has 1 N–H and O–H groups in total. The van der Waals surface area contributed by atoms with Gasteiger partial charge in [0, 0.05) is 27.4 Å². The van der Waals surface area contributed by atoms with Crippen molar-refractivity contribution in [2.75, 3.05) is 0 Å². The lowest BCUT2D eigenvalue weighted by Gasteiger charge is -2.31. The van der Waals surface area contributed by atoms with Crippen LogP contribution in [0.5, 0.6) is 5.75 Å². The number of carbonyl (C=O) groups is 1. The second-order valence-corrected chi connectivity index (χ2v) is 7.52. The Morgan fingerprint density at radius 3 is 2.81 bits per heavy atom. The standard InChI is InChI=1S/C23H23NO2/c1-15(2)5-4-11-23(3)12-10-18-21(26-23)9-7-17-19-13-16(14-25)6-8-20(19)24-22(17)18/h5-10,12-14,24H,4,11H2,1-3H3/t23-/m1/s1. The maximum atomic E-state index is 11.1. The summed E-state index contributed by atoms with van der Waals surface area (Å²) in [4.78, 5) is 14.6. The topological polar surface area (TPSA) is 42.1 Å². The number of ether oxygens (including phenoxy) is 1. The lowest BCUT2D eigenvalue weighted by molar-refractivity contribution is 0.112. The van der Waals surface area contributed by atoms with E-state index in [2.05, 4.69) is 50.0 Å². The molecule has 0 spiro atoms.